The van der Waals surface area contributed by atoms with E-state index in [1.54, 1.807) is 0 Å². The van der Waals surface area contributed by atoms with E-state index in [4.69, 9.17) is 0 Å². The van der Waals surface area contributed by atoms with Crippen molar-refractivity contribution >= 4 is 26.8 Å². The van der Waals surface area contributed by atoms with Crippen LogP contribution in [-0.4, -0.2) is 15.4 Å². The Morgan fingerprint density at radius 3 is 3.00 bits per heavy atom. The molecule has 0 aliphatic heterocycles. The van der Waals surface area contributed by atoms with Gasteiger partial charge in [0.2, 0.25) is 0 Å². The standard InChI is InChI=1S/C7H3BrFN3O/c8-3-1-4(9)6-5(2-3)10-12-11-7(6)13/h1-2H,(H,10,11,13). The molecule has 0 spiro atoms. The van der Waals surface area contributed by atoms with E-state index >= 15 is 0 Å². The Kier molecular flexibility index (Phi) is 1.84. The molecule has 0 bridgehead atoms. The van der Waals surface area contributed by atoms with Crippen LogP contribution in [-0.2, 0) is 0 Å². The molecule has 4 nitrogen and oxygen atoms in total. The highest BCUT2D eigenvalue weighted by atomic mass is 79.9. The maximum absolute atomic E-state index is 13.2. The van der Waals surface area contributed by atoms with Crippen molar-refractivity contribution < 1.29 is 4.39 Å². The Hall–Kier alpha value is -1.30. The molecular weight excluding hydrogens is 241 g/mol. The molecule has 2 rings (SSSR count). The zero-order valence-electron chi connectivity index (χ0n) is 6.21. The normalized spacial score (nSPS) is 10.6. The highest BCUT2D eigenvalue weighted by molar-refractivity contribution is 9.10. The number of fused-ring (bicyclic) bond motifs is 1. The second kappa shape index (κ2) is 2.88. The molecule has 6 heteroatoms. The maximum Gasteiger partial charge on any atom is 0.277 e. The lowest BCUT2D eigenvalue weighted by Crippen LogP contribution is -2.11. The summed E-state index contributed by atoms with van der Waals surface area (Å²) in [6.07, 6.45) is 0. The summed E-state index contributed by atoms with van der Waals surface area (Å²) < 4.78 is 13.7. The smallest absolute Gasteiger partial charge is 0.267 e. The van der Waals surface area contributed by atoms with Crippen LogP contribution in [0.2, 0.25) is 0 Å². The van der Waals surface area contributed by atoms with E-state index < -0.39 is 11.4 Å². The number of nitrogens with zero attached hydrogens (tertiary/aromatic N) is 2. The summed E-state index contributed by atoms with van der Waals surface area (Å²) in [5.74, 6) is -0.611. The zero-order chi connectivity index (χ0) is 9.42. The molecule has 0 radical (unpaired) electrons. The van der Waals surface area contributed by atoms with Crippen molar-refractivity contribution in [1.82, 2.24) is 15.4 Å². The Balaban J connectivity index is 3.03. The maximum atomic E-state index is 13.2. The summed E-state index contributed by atoms with van der Waals surface area (Å²) in [7, 11) is 0. The van der Waals surface area contributed by atoms with Crippen molar-refractivity contribution in [3.8, 4) is 0 Å². The van der Waals surface area contributed by atoms with E-state index in [1.165, 1.54) is 12.1 Å². The van der Waals surface area contributed by atoms with Gasteiger partial charge in [0, 0.05) is 4.47 Å². The van der Waals surface area contributed by atoms with Crippen LogP contribution in [0.4, 0.5) is 4.39 Å². The van der Waals surface area contributed by atoms with Gasteiger partial charge in [-0.3, -0.25) is 4.79 Å². The first kappa shape index (κ1) is 8.31. The van der Waals surface area contributed by atoms with Crippen LogP contribution in [0.5, 0.6) is 0 Å². The van der Waals surface area contributed by atoms with Crippen LogP contribution < -0.4 is 5.56 Å². The van der Waals surface area contributed by atoms with E-state index in [0.717, 1.165) is 0 Å². The Morgan fingerprint density at radius 2 is 2.23 bits per heavy atom. The third-order valence-electron chi connectivity index (χ3n) is 1.57. The zero-order valence-corrected chi connectivity index (χ0v) is 7.80. The summed E-state index contributed by atoms with van der Waals surface area (Å²) in [6.45, 7) is 0. The van der Waals surface area contributed by atoms with Crippen LogP contribution in [0.3, 0.4) is 0 Å². The van der Waals surface area contributed by atoms with Gasteiger partial charge in [-0.05, 0) is 12.1 Å². The molecule has 0 atom stereocenters. The summed E-state index contributed by atoms with van der Waals surface area (Å²) in [5.41, 5.74) is -0.342. The number of H-pyrrole nitrogens is 1. The van der Waals surface area contributed by atoms with Crippen LogP contribution in [0.1, 0.15) is 0 Å². The van der Waals surface area contributed by atoms with Crippen molar-refractivity contribution in [2.45, 2.75) is 0 Å². The molecule has 0 fully saturated rings. The third kappa shape index (κ3) is 1.33. The molecule has 1 heterocycles. The van der Waals surface area contributed by atoms with Gasteiger partial charge in [0.25, 0.3) is 5.56 Å². The largest absolute Gasteiger partial charge is 0.277 e. The molecule has 0 saturated carbocycles. The summed E-state index contributed by atoms with van der Waals surface area (Å²) >= 11 is 3.09. The molecule has 0 aliphatic rings. The van der Waals surface area contributed by atoms with Gasteiger partial charge in [-0.25, -0.2) is 9.49 Å². The predicted molar refractivity (Wildman–Crippen MR) is 47.8 cm³/mol. The molecule has 0 amide bonds. The Labute approximate surface area is 79.9 Å². The topological polar surface area (TPSA) is 58.6 Å². The van der Waals surface area contributed by atoms with Crippen molar-refractivity contribution in [3.05, 3.63) is 32.8 Å². The van der Waals surface area contributed by atoms with Crippen molar-refractivity contribution in [3.63, 3.8) is 0 Å². The lowest BCUT2D eigenvalue weighted by atomic mass is 10.2. The Bertz CT molecular complexity index is 525. The number of hydrogen-bond acceptors (Lipinski definition) is 3. The minimum absolute atomic E-state index is 0.0711. The molecule has 0 aliphatic carbocycles. The van der Waals surface area contributed by atoms with Crippen LogP contribution in [0.25, 0.3) is 10.9 Å². The molecule has 1 aromatic heterocycles. The first-order chi connectivity index (χ1) is 6.18. The van der Waals surface area contributed by atoms with Crippen molar-refractivity contribution in [2.24, 2.45) is 0 Å². The first-order valence-electron chi connectivity index (χ1n) is 3.38. The summed E-state index contributed by atoms with van der Waals surface area (Å²) in [5, 5.41) is 8.90. The first-order valence-corrected chi connectivity index (χ1v) is 4.18. The molecule has 1 aromatic carbocycles. The molecule has 66 valence electrons. The van der Waals surface area contributed by atoms with Gasteiger partial charge in [0.15, 0.2) is 0 Å². The van der Waals surface area contributed by atoms with Crippen LogP contribution in [0, 0.1) is 5.82 Å². The average molecular weight is 244 g/mol. The van der Waals surface area contributed by atoms with E-state index in [0.29, 0.717) is 4.47 Å². The van der Waals surface area contributed by atoms with Crippen molar-refractivity contribution in [1.29, 1.82) is 0 Å². The Morgan fingerprint density at radius 1 is 1.46 bits per heavy atom. The van der Waals surface area contributed by atoms with Gasteiger partial charge in [-0.1, -0.05) is 21.1 Å². The molecule has 0 saturated heterocycles. The molecular formula is C7H3BrFN3O. The van der Waals surface area contributed by atoms with Gasteiger partial charge in [0.05, 0.1) is 0 Å². The number of nitrogens with one attached hydrogen (secondary N) is 1. The number of aromatic amines is 1. The minimum Gasteiger partial charge on any atom is -0.267 e. The quantitative estimate of drug-likeness (QED) is 0.757. The summed E-state index contributed by atoms with van der Waals surface area (Å²) in [6, 6.07) is 2.74. The van der Waals surface area contributed by atoms with E-state index in [9.17, 15) is 9.18 Å². The molecule has 1 N–H and O–H groups in total. The van der Waals surface area contributed by atoms with Crippen molar-refractivity contribution in [2.75, 3.05) is 0 Å². The lowest BCUT2D eigenvalue weighted by Gasteiger charge is -1.96. The lowest BCUT2D eigenvalue weighted by molar-refractivity contribution is 0.636. The predicted octanol–water partition coefficient (Wildman–Crippen LogP) is 1.22. The second-order valence-corrected chi connectivity index (χ2v) is 3.34. The van der Waals surface area contributed by atoms with E-state index in [-0.39, 0.29) is 10.9 Å². The van der Waals surface area contributed by atoms with Gasteiger partial charge in [0.1, 0.15) is 16.7 Å². The van der Waals surface area contributed by atoms with Crippen LogP contribution >= 0.6 is 15.9 Å². The fourth-order valence-corrected chi connectivity index (χ4v) is 1.46. The molecule has 2 aromatic rings. The SMILES string of the molecule is O=c1[nH]nnc2cc(Br)cc(F)c12. The van der Waals surface area contributed by atoms with Gasteiger partial charge < -0.3 is 0 Å². The highest BCUT2D eigenvalue weighted by Gasteiger charge is 2.07. The number of benzene rings is 1. The summed E-state index contributed by atoms with van der Waals surface area (Å²) in [4.78, 5) is 11.1. The highest BCUT2D eigenvalue weighted by Crippen LogP contribution is 2.17. The third-order valence-corrected chi connectivity index (χ3v) is 2.03. The second-order valence-electron chi connectivity index (χ2n) is 2.42. The number of halogens is 2. The average Bonchev–Trinajstić information content (AvgIpc) is 2.02. The van der Waals surface area contributed by atoms with Gasteiger partial charge >= 0.3 is 0 Å². The number of aromatic nitrogens is 3. The fraction of sp³-hybridized carbons (Fsp3) is 0. The number of rotatable bonds is 0. The van der Waals surface area contributed by atoms with Gasteiger partial charge in [-0.15, -0.1) is 5.10 Å². The monoisotopic (exact) mass is 243 g/mol. The minimum atomic E-state index is -0.611. The van der Waals surface area contributed by atoms with Crippen LogP contribution in [0.15, 0.2) is 21.4 Å². The number of hydrogen-bond donors (Lipinski definition) is 1. The van der Waals surface area contributed by atoms with Gasteiger partial charge in [-0.2, -0.15) is 0 Å². The van der Waals surface area contributed by atoms with E-state index in [2.05, 4.69) is 31.3 Å². The van der Waals surface area contributed by atoms with E-state index in [1.807, 2.05) is 0 Å². The molecule has 13 heavy (non-hydrogen) atoms. The molecule has 0 unspecified atom stereocenters. The fourth-order valence-electron chi connectivity index (χ4n) is 1.04.